The smallest absolute Gasteiger partial charge is 0.478 e. The topological polar surface area (TPSA) is 46.5 Å². The highest BCUT2D eigenvalue weighted by molar-refractivity contribution is 7.95. The van der Waals surface area contributed by atoms with Crippen LogP contribution in [0.4, 0.5) is 13.2 Å². The van der Waals surface area contributed by atoms with Gasteiger partial charge in [0.25, 0.3) is 0 Å². The van der Waals surface area contributed by atoms with Crippen molar-refractivity contribution in [3.05, 3.63) is 35.9 Å². The molecule has 0 radical (unpaired) electrons. The molecule has 3 nitrogen and oxygen atoms in total. The number of carboxylic acids is 1. The number of benzene rings is 1. The van der Waals surface area contributed by atoms with Gasteiger partial charge in [-0.05, 0) is 23.8 Å². The molecule has 1 rings (SSSR count). The maximum absolute atomic E-state index is 11.8. The highest BCUT2D eigenvalue weighted by atomic mass is 32.2. The molecule has 0 aliphatic heterocycles. The third kappa shape index (κ3) is 5.86. The number of carboxylic acid groups (broad SMARTS) is 1. The van der Waals surface area contributed by atoms with E-state index >= 15 is 0 Å². The summed E-state index contributed by atoms with van der Waals surface area (Å²) in [5.41, 5.74) is -4.04. The van der Waals surface area contributed by atoms with Crippen LogP contribution in [0.3, 0.4) is 0 Å². The van der Waals surface area contributed by atoms with Crippen molar-refractivity contribution in [3.63, 3.8) is 0 Å². The van der Waals surface area contributed by atoms with Gasteiger partial charge in [-0.1, -0.05) is 12.1 Å². The molecular weight excluding hydrogens is 257 g/mol. The van der Waals surface area contributed by atoms with Crippen molar-refractivity contribution in [3.8, 4) is 5.75 Å². The Balaban J connectivity index is 2.69. The lowest BCUT2D eigenvalue weighted by molar-refractivity contribution is -0.131. The quantitative estimate of drug-likeness (QED) is 0.669. The molecule has 0 saturated carbocycles. The molecule has 0 unspecified atom stereocenters. The van der Waals surface area contributed by atoms with E-state index in [1.54, 1.807) is 6.07 Å². The molecule has 1 N–H and O–H groups in total. The summed E-state index contributed by atoms with van der Waals surface area (Å²) in [6, 6.07) is 5.66. The second-order valence-corrected chi connectivity index (χ2v) is 3.65. The number of hydrogen-bond donors (Lipinski definition) is 1. The Morgan fingerprint density at radius 2 is 2.12 bits per heavy atom. The molecule has 0 saturated heterocycles. The van der Waals surface area contributed by atoms with Crippen LogP contribution in [0, 0.1) is 0 Å². The third-order valence-electron chi connectivity index (χ3n) is 1.51. The summed E-state index contributed by atoms with van der Waals surface area (Å²) < 4.78 is 40.0. The second kappa shape index (κ2) is 5.62. The summed E-state index contributed by atoms with van der Waals surface area (Å²) in [4.78, 5) is 10.2. The van der Waals surface area contributed by atoms with Gasteiger partial charge < -0.3 is 9.29 Å². The van der Waals surface area contributed by atoms with Crippen LogP contribution < -0.4 is 4.18 Å². The molecule has 92 valence electrons. The van der Waals surface area contributed by atoms with Crippen molar-refractivity contribution in [1.82, 2.24) is 0 Å². The first-order valence-corrected chi connectivity index (χ1v) is 5.04. The number of hydrogen-bond acceptors (Lipinski definition) is 3. The number of halogens is 3. The summed E-state index contributed by atoms with van der Waals surface area (Å²) >= 11 is -0.621. The normalized spacial score (nSPS) is 11.7. The average Bonchev–Trinajstić information content (AvgIpc) is 2.23. The predicted octanol–water partition coefficient (Wildman–Crippen LogP) is 3.33. The van der Waals surface area contributed by atoms with E-state index in [9.17, 15) is 18.0 Å². The lowest BCUT2D eigenvalue weighted by Gasteiger charge is -2.06. The highest BCUT2D eigenvalue weighted by Gasteiger charge is 2.31. The zero-order chi connectivity index (χ0) is 12.9. The van der Waals surface area contributed by atoms with E-state index in [4.69, 9.17) is 5.11 Å². The Bertz CT molecular complexity index is 429. The number of aliphatic carboxylic acids is 1. The van der Waals surface area contributed by atoms with Crippen LogP contribution in [-0.2, 0) is 4.79 Å². The zero-order valence-corrected chi connectivity index (χ0v) is 9.09. The summed E-state index contributed by atoms with van der Waals surface area (Å²) in [5.74, 6) is -1.14. The van der Waals surface area contributed by atoms with E-state index < -0.39 is 23.5 Å². The van der Waals surface area contributed by atoms with Gasteiger partial charge in [-0.3, -0.25) is 0 Å². The first kappa shape index (κ1) is 13.4. The number of carbonyl (C=O) groups is 1. The fraction of sp³-hybridized carbons (Fsp3) is 0.100. The lowest BCUT2D eigenvalue weighted by Crippen LogP contribution is -2.02. The van der Waals surface area contributed by atoms with Gasteiger partial charge in [0.1, 0.15) is 5.75 Å². The Hall–Kier alpha value is -1.63. The van der Waals surface area contributed by atoms with Crippen LogP contribution in [0.1, 0.15) is 5.56 Å². The third-order valence-corrected chi connectivity index (χ3v) is 1.97. The van der Waals surface area contributed by atoms with Crippen LogP contribution >= 0.6 is 12.0 Å². The van der Waals surface area contributed by atoms with Gasteiger partial charge in [0.05, 0.1) is 0 Å². The van der Waals surface area contributed by atoms with Gasteiger partial charge in [-0.15, -0.1) is 0 Å². The molecule has 0 aromatic heterocycles. The molecule has 0 bridgehead atoms. The average molecular weight is 264 g/mol. The Labute approximate surface area is 99.1 Å². The Kier molecular flexibility index (Phi) is 4.45. The summed E-state index contributed by atoms with van der Waals surface area (Å²) in [7, 11) is 0. The summed E-state index contributed by atoms with van der Waals surface area (Å²) in [5, 5.41) is 8.38. The molecule has 17 heavy (non-hydrogen) atoms. The number of alkyl halides is 3. The molecular formula is C10H7F3O3S. The van der Waals surface area contributed by atoms with Crippen molar-refractivity contribution >= 4 is 24.1 Å². The van der Waals surface area contributed by atoms with Gasteiger partial charge >= 0.3 is 11.5 Å². The summed E-state index contributed by atoms with van der Waals surface area (Å²) in [6.45, 7) is 0. The maximum Gasteiger partial charge on any atom is 0.479 e. The Morgan fingerprint density at radius 1 is 1.41 bits per heavy atom. The van der Waals surface area contributed by atoms with Gasteiger partial charge in [-0.2, -0.15) is 13.2 Å². The molecule has 0 atom stereocenters. The molecule has 0 aliphatic carbocycles. The van der Waals surface area contributed by atoms with E-state index in [1.807, 2.05) is 0 Å². The van der Waals surface area contributed by atoms with Crippen LogP contribution in [0.5, 0.6) is 5.75 Å². The SMILES string of the molecule is O=C(O)/C=C/c1cccc(OSC(F)(F)F)c1. The van der Waals surface area contributed by atoms with E-state index in [2.05, 4.69) is 4.18 Å². The molecule has 0 aliphatic rings. The van der Waals surface area contributed by atoms with Gasteiger partial charge in [0.2, 0.25) is 0 Å². The van der Waals surface area contributed by atoms with Gasteiger partial charge in [0, 0.05) is 6.08 Å². The molecule has 1 aromatic carbocycles. The number of rotatable bonds is 4. The van der Waals surface area contributed by atoms with Gasteiger partial charge in [-0.25, -0.2) is 4.79 Å². The van der Waals surface area contributed by atoms with E-state index in [0.717, 1.165) is 6.08 Å². The van der Waals surface area contributed by atoms with Crippen LogP contribution in [0.15, 0.2) is 30.3 Å². The van der Waals surface area contributed by atoms with Crippen LogP contribution in [0.2, 0.25) is 0 Å². The maximum atomic E-state index is 11.8. The first-order valence-electron chi connectivity index (χ1n) is 4.30. The predicted molar refractivity (Wildman–Crippen MR) is 57.4 cm³/mol. The van der Waals surface area contributed by atoms with Gasteiger partial charge in [0.15, 0.2) is 12.0 Å². The molecule has 7 heteroatoms. The lowest BCUT2D eigenvalue weighted by atomic mass is 10.2. The molecule has 0 spiro atoms. The van der Waals surface area contributed by atoms with Crippen molar-refractivity contribution in [2.24, 2.45) is 0 Å². The fourth-order valence-corrected chi connectivity index (χ4v) is 1.23. The minimum atomic E-state index is -4.48. The fourth-order valence-electron chi connectivity index (χ4n) is 0.933. The van der Waals surface area contributed by atoms with Crippen molar-refractivity contribution < 1.29 is 27.3 Å². The molecule has 0 fully saturated rings. The van der Waals surface area contributed by atoms with Crippen molar-refractivity contribution in [1.29, 1.82) is 0 Å². The van der Waals surface area contributed by atoms with Crippen LogP contribution in [0.25, 0.3) is 6.08 Å². The second-order valence-electron chi connectivity index (χ2n) is 2.86. The monoisotopic (exact) mass is 264 g/mol. The first-order chi connectivity index (χ1) is 7.87. The van der Waals surface area contributed by atoms with Crippen molar-refractivity contribution in [2.75, 3.05) is 0 Å². The van der Waals surface area contributed by atoms with Crippen LogP contribution in [-0.4, -0.2) is 16.6 Å². The minimum Gasteiger partial charge on any atom is -0.478 e. The molecule has 0 heterocycles. The van der Waals surface area contributed by atoms with E-state index in [0.29, 0.717) is 5.56 Å². The highest BCUT2D eigenvalue weighted by Crippen LogP contribution is 2.32. The molecule has 0 amide bonds. The molecule has 1 aromatic rings. The largest absolute Gasteiger partial charge is 0.479 e. The zero-order valence-electron chi connectivity index (χ0n) is 8.27. The van der Waals surface area contributed by atoms with E-state index in [1.165, 1.54) is 24.3 Å². The Morgan fingerprint density at radius 3 is 2.71 bits per heavy atom. The minimum absolute atomic E-state index is 0.000126. The van der Waals surface area contributed by atoms with Crippen molar-refractivity contribution in [2.45, 2.75) is 5.51 Å². The standard InChI is InChI=1S/C10H7F3O3S/c11-10(12,13)17-16-8-3-1-2-7(6-8)4-5-9(14)15/h1-6H,(H,14,15)/b5-4+. The summed E-state index contributed by atoms with van der Waals surface area (Å²) in [6.07, 6.45) is 2.14. The van der Waals surface area contributed by atoms with E-state index in [-0.39, 0.29) is 5.75 Å².